The fourth-order valence-electron chi connectivity index (χ4n) is 3.05. The Morgan fingerprint density at radius 2 is 1.00 bits per heavy atom. The van der Waals surface area contributed by atoms with Crippen LogP contribution in [0, 0.1) is 0 Å². The first-order valence-electron chi connectivity index (χ1n) is 7.65. The maximum atomic E-state index is 6.27. The summed E-state index contributed by atoms with van der Waals surface area (Å²) in [5.41, 5.74) is 1.75. The van der Waals surface area contributed by atoms with Gasteiger partial charge in [0.2, 0.25) is 10.6 Å². The lowest BCUT2D eigenvalue weighted by Crippen LogP contribution is -2.47. The number of fused-ring (bicyclic) bond motifs is 3. The summed E-state index contributed by atoms with van der Waals surface area (Å²) in [4.78, 5) is 12.0. The lowest BCUT2D eigenvalue weighted by molar-refractivity contribution is 1.06. The maximum Gasteiger partial charge on any atom is 0.227 e. The molecule has 2 heterocycles. The van der Waals surface area contributed by atoms with E-state index in [-0.39, 0.29) is 54.6 Å². The van der Waals surface area contributed by atoms with E-state index in [2.05, 4.69) is 15.0 Å². The quantitative estimate of drug-likeness (QED) is 0.315. The first kappa shape index (κ1) is 20.0. The van der Waals surface area contributed by atoms with Crippen LogP contribution < -0.4 is 38.2 Å². The Morgan fingerprint density at radius 3 is 1.57 bits per heavy atom. The van der Waals surface area contributed by atoms with Crippen LogP contribution in [0.5, 0.6) is 0 Å². The molecule has 2 aromatic heterocycles. The van der Waals surface area contributed by atoms with E-state index in [1.807, 2.05) is 0 Å². The number of nitrogens with zero attached hydrogens (tertiary/aromatic N) is 3. The van der Waals surface area contributed by atoms with Crippen LogP contribution in [0.15, 0.2) is 0 Å². The van der Waals surface area contributed by atoms with E-state index in [1.54, 1.807) is 0 Å². The average molecular weight is 401 g/mol. The number of thiophene rings is 1. The summed E-state index contributed by atoms with van der Waals surface area (Å²) in [6.45, 7) is 0. The van der Waals surface area contributed by atoms with Crippen molar-refractivity contribution in [3.63, 3.8) is 0 Å². The van der Waals surface area contributed by atoms with E-state index in [4.69, 9.17) is 78.1 Å². The summed E-state index contributed by atoms with van der Waals surface area (Å²) in [7, 11) is 43.1. The van der Waals surface area contributed by atoms with Gasteiger partial charge in [0.1, 0.15) is 54.9 Å². The molecule has 3 nitrogen and oxygen atoms in total. The molecule has 0 bridgehead atoms. The van der Waals surface area contributed by atoms with Crippen molar-refractivity contribution in [2.45, 2.75) is 0 Å². The summed E-state index contributed by atoms with van der Waals surface area (Å²) in [5.74, 6) is 0.129. The molecule has 0 N–H and O–H groups in total. The van der Waals surface area contributed by atoms with Gasteiger partial charge in [-0.2, -0.15) is 15.0 Å². The van der Waals surface area contributed by atoms with E-state index >= 15 is 0 Å². The third-order valence-corrected chi connectivity index (χ3v) is 6.02. The molecule has 13 heteroatoms. The largest absolute Gasteiger partial charge is 0.227 e. The van der Waals surface area contributed by atoms with Gasteiger partial charge >= 0.3 is 0 Å². The number of hydrogen-bond donors (Lipinski definition) is 0. The van der Waals surface area contributed by atoms with Gasteiger partial charge in [0, 0.05) is 15.0 Å². The van der Waals surface area contributed by atoms with Crippen LogP contribution in [0.1, 0.15) is 0 Å². The molecular weight excluding hydrogens is 401 g/mol. The highest BCUT2D eigenvalue weighted by Gasteiger charge is 2.22. The van der Waals surface area contributed by atoms with Crippen LogP contribution in [0.4, 0.5) is 0 Å². The average Bonchev–Trinajstić information content (AvgIpc) is 3.02. The Bertz CT molecular complexity index is 1310. The first-order chi connectivity index (χ1) is 13.1. The van der Waals surface area contributed by atoms with Crippen molar-refractivity contribution in [2.24, 2.45) is 0 Å². The Morgan fingerprint density at radius 1 is 0.536 bits per heavy atom. The molecule has 14 radical (unpaired) electrons. The molecule has 4 aromatic rings. The van der Waals surface area contributed by atoms with Crippen molar-refractivity contribution >= 4 is 148 Å². The van der Waals surface area contributed by atoms with E-state index < -0.39 is 0 Å². The molecule has 0 aliphatic rings. The second-order valence-corrected chi connectivity index (χ2v) is 7.67. The summed E-state index contributed by atoms with van der Waals surface area (Å²) >= 11 is 13.1. The second-order valence-electron chi connectivity index (χ2n) is 5.98. The van der Waals surface area contributed by atoms with E-state index in [0.717, 1.165) is 0 Å². The Balaban J connectivity index is 2.30. The van der Waals surface area contributed by atoms with Crippen molar-refractivity contribution in [3.05, 3.63) is 10.6 Å². The maximum absolute atomic E-state index is 6.27. The lowest BCUT2D eigenvalue weighted by atomic mass is 9.64. The van der Waals surface area contributed by atoms with Gasteiger partial charge in [-0.25, -0.2) is 0 Å². The van der Waals surface area contributed by atoms with Gasteiger partial charge < -0.3 is 0 Å². The Kier molecular flexibility index (Phi) is 4.92. The monoisotopic (exact) mass is 401 g/mol. The van der Waals surface area contributed by atoms with Crippen molar-refractivity contribution in [2.75, 3.05) is 0 Å². The summed E-state index contributed by atoms with van der Waals surface area (Å²) in [6, 6.07) is 0. The highest BCUT2D eigenvalue weighted by Crippen LogP contribution is 2.35. The molecule has 0 unspecified atom stereocenters. The van der Waals surface area contributed by atoms with Gasteiger partial charge in [0.25, 0.3) is 0 Å². The van der Waals surface area contributed by atoms with Crippen LogP contribution in [0.25, 0.3) is 31.6 Å². The number of hydrogen-bond acceptors (Lipinski definition) is 4. The number of rotatable bonds is 1. The van der Waals surface area contributed by atoms with Crippen LogP contribution in [0.3, 0.4) is 0 Å². The predicted octanol–water partition coefficient (Wildman–Crippen LogP) is -3.23. The minimum atomic E-state index is -0.105. The van der Waals surface area contributed by atoms with Crippen molar-refractivity contribution in [3.8, 4) is 11.4 Å². The molecular formula is C15B7Cl2N3S. The molecule has 2 aromatic carbocycles. The molecule has 0 saturated heterocycles. The summed E-state index contributed by atoms with van der Waals surface area (Å²) in [5, 5.41) is 0.837. The van der Waals surface area contributed by atoms with Gasteiger partial charge in [-0.15, -0.1) is 27.7 Å². The molecule has 0 saturated carbocycles. The fourth-order valence-corrected chi connectivity index (χ4v) is 4.77. The van der Waals surface area contributed by atoms with Gasteiger partial charge in [-0.05, 0) is 34.0 Å². The first-order valence-corrected chi connectivity index (χ1v) is 9.22. The third kappa shape index (κ3) is 2.78. The molecule has 0 fully saturated rings. The minimum absolute atomic E-state index is 0.105. The molecule has 0 aliphatic heterocycles. The number of benzene rings is 2. The summed E-state index contributed by atoms with van der Waals surface area (Å²) < 4.78 is 1.17. The highest BCUT2D eigenvalue weighted by molar-refractivity contribution is 7.28. The van der Waals surface area contributed by atoms with Gasteiger partial charge in [0.15, 0.2) is 5.82 Å². The second kappa shape index (κ2) is 6.89. The zero-order chi connectivity index (χ0) is 20.5. The van der Waals surface area contributed by atoms with E-state index in [0.29, 0.717) is 25.7 Å². The minimum Gasteiger partial charge on any atom is -0.198 e. The van der Waals surface area contributed by atoms with Crippen molar-refractivity contribution < 1.29 is 0 Å². The van der Waals surface area contributed by atoms with Gasteiger partial charge in [-0.1, -0.05) is 21.9 Å². The Labute approximate surface area is 184 Å². The highest BCUT2D eigenvalue weighted by atomic mass is 35.5. The smallest absolute Gasteiger partial charge is 0.198 e. The van der Waals surface area contributed by atoms with E-state index in [9.17, 15) is 0 Å². The van der Waals surface area contributed by atoms with E-state index in [1.165, 1.54) is 11.3 Å². The predicted molar refractivity (Wildman–Crippen MR) is 126 cm³/mol. The zero-order valence-corrected chi connectivity index (χ0v) is 16.4. The molecule has 4 rings (SSSR count). The van der Waals surface area contributed by atoms with Crippen LogP contribution in [-0.4, -0.2) is 69.9 Å². The van der Waals surface area contributed by atoms with Crippen LogP contribution >= 0.6 is 34.5 Å². The molecule has 28 heavy (non-hydrogen) atoms. The molecule has 0 amide bonds. The standard InChI is InChI=1S/C15B7Cl2N3S/c16-4-1-2-5(17)8(20)9(21)10(22)12(2)28-11(1)3(6(18)7(4)19)13-25-14(23)27-15(24)26-13. The van der Waals surface area contributed by atoms with Crippen molar-refractivity contribution in [1.29, 1.82) is 0 Å². The SMILES string of the molecule is [B]c1c([B])c([B])c2c(sc3c(-c4nc(Cl)nc(Cl)n4)c([B])c([B])c([B])c32)c1[B]. The van der Waals surface area contributed by atoms with Crippen LogP contribution in [0.2, 0.25) is 10.6 Å². The van der Waals surface area contributed by atoms with Crippen LogP contribution in [-0.2, 0) is 0 Å². The third-order valence-electron chi connectivity index (χ3n) is 4.44. The normalized spacial score (nSPS) is 11.5. The molecule has 0 atom stereocenters. The lowest BCUT2D eigenvalue weighted by Gasteiger charge is -2.16. The number of aromatic nitrogens is 3. The Hall–Kier alpha value is -1.30. The fraction of sp³-hybridized carbons (Fsp3) is 0. The molecule has 116 valence electrons. The molecule has 0 spiro atoms. The van der Waals surface area contributed by atoms with Gasteiger partial charge in [-0.3, -0.25) is 0 Å². The van der Waals surface area contributed by atoms with Gasteiger partial charge in [0.05, 0.1) is 0 Å². The van der Waals surface area contributed by atoms with Crippen molar-refractivity contribution in [1.82, 2.24) is 15.0 Å². The summed E-state index contributed by atoms with van der Waals surface area (Å²) in [6.07, 6.45) is 0. The topological polar surface area (TPSA) is 38.7 Å². The zero-order valence-electron chi connectivity index (χ0n) is 14.0. The molecule has 0 aliphatic carbocycles. The number of halogens is 2.